The van der Waals surface area contributed by atoms with Gasteiger partial charge in [0.2, 0.25) is 0 Å². The van der Waals surface area contributed by atoms with Gasteiger partial charge >= 0.3 is 0 Å². The molecule has 0 bridgehead atoms. The highest BCUT2D eigenvalue weighted by Gasteiger charge is 2.19. The summed E-state index contributed by atoms with van der Waals surface area (Å²) in [5.41, 5.74) is 3.31. The van der Waals surface area contributed by atoms with Crippen molar-refractivity contribution in [2.24, 2.45) is 0 Å². The summed E-state index contributed by atoms with van der Waals surface area (Å²) >= 11 is 0. The van der Waals surface area contributed by atoms with Crippen LogP contribution in [0, 0.1) is 13.8 Å². The van der Waals surface area contributed by atoms with E-state index in [2.05, 4.69) is 5.32 Å². The molecule has 1 aromatic heterocycles. The Kier molecular flexibility index (Phi) is 5.99. The molecule has 1 amide bonds. The van der Waals surface area contributed by atoms with E-state index in [-0.39, 0.29) is 28.1 Å². The topological polar surface area (TPSA) is 76.4 Å². The van der Waals surface area contributed by atoms with Crippen molar-refractivity contribution in [2.45, 2.75) is 30.9 Å². The summed E-state index contributed by atoms with van der Waals surface area (Å²) in [5, 5.41) is 2.79. The van der Waals surface area contributed by atoms with Gasteiger partial charge in [0.1, 0.15) is 11.5 Å². The van der Waals surface area contributed by atoms with Crippen LogP contribution in [0.15, 0.2) is 70.0 Å². The van der Waals surface area contributed by atoms with Crippen LogP contribution in [-0.4, -0.2) is 20.9 Å². The number of hydrogen-bond acceptors (Lipinski definition) is 4. The fourth-order valence-corrected chi connectivity index (χ4v) is 4.00. The van der Waals surface area contributed by atoms with E-state index in [0.29, 0.717) is 13.0 Å². The average molecular weight is 397 g/mol. The van der Waals surface area contributed by atoms with E-state index in [1.807, 2.05) is 38.1 Å². The summed E-state index contributed by atoms with van der Waals surface area (Å²) in [7, 11) is -3.52. The SMILES string of the molecule is Cc1ccc(CCNC(=O)c2ccc(CS(=O)(=O)c3ccc(C)cc3)o2)cc1. The predicted molar refractivity (Wildman–Crippen MR) is 108 cm³/mol. The summed E-state index contributed by atoms with van der Waals surface area (Å²) in [4.78, 5) is 12.5. The van der Waals surface area contributed by atoms with Crippen molar-refractivity contribution >= 4 is 15.7 Å². The molecule has 1 N–H and O–H groups in total. The van der Waals surface area contributed by atoms with Crippen LogP contribution in [0.5, 0.6) is 0 Å². The Morgan fingerprint density at radius 2 is 1.50 bits per heavy atom. The first-order valence-corrected chi connectivity index (χ1v) is 10.7. The first-order chi connectivity index (χ1) is 13.3. The Morgan fingerprint density at radius 3 is 2.14 bits per heavy atom. The summed E-state index contributed by atoms with van der Waals surface area (Å²) in [6, 6.07) is 17.8. The fourth-order valence-electron chi connectivity index (χ4n) is 2.76. The largest absolute Gasteiger partial charge is 0.455 e. The van der Waals surface area contributed by atoms with E-state index in [1.165, 1.54) is 17.7 Å². The van der Waals surface area contributed by atoms with E-state index in [0.717, 1.165) is 11.1 Å². The number of hydrogen-bond donors (Lipinski definition) is 1. The molecular formula is C22H23NO4S. The molecule has 5 nitrogen and oxygen atoms in total. The lowest BCUT2D eigenvalue weighted by Gasteiger charge is -2.05. The van der Waals surface area contributed by atoms with Crippen LogP contribution in [0.3, 0.4) is 0 Å². The molecule has 0 saturated carbocycles. The number of aryl methyl sites for hydroxylation is 2. The Bertz CT molecular complexity index is 1050. The number of carbonyl (C=O) groups excluding carboxylic acids is 1. The second kappa shape index (κ2) is 8.44. The molecule has 0 aliphatic carbocycles. The third kappa shape index (κ3) is 5.10. The minimum absolute atomic E-state index is 0.109. The summed E-state index contributed by atoms with van der Waals surface area (Å²) in [6.07, 6.45) is 0.710. The van der Waals surface area contributed by atoms with Crippen molar-refractivity contribution in [2.75, 3.05) is 6.54 Å². The van der Waals surface area contributed by atoms with Crippen LogP contribution in [0.4, 0.5) is 0 Å². The third-order valence-corrected chi connectivity index (χ3v) is 6.07. The van der Waals surface area contributed by atoms with E-state index in [9.17, 15) is 13.2 Å². The lowest BCUT2D eigenvalue weighted by Crippen LogP contribution is -2.25. The van der Waals surface area contributed by atoms with Crippen LogP contribution >= 0.6 is 0 Å². The quantitative estimate of drug-likeness (QED) is 0.657. The van der Waals surface area contributed by atoms with Gasteiger partial charge in [-0.1, -0.05) is 47.5 Å². The zero-order valence-corrected chi connectivity index (χ0v) is 16.8. The van der Waals surface area contributed by atoms with E-state index < -0.39 is 9.84 Å². The van der Waals surface area contributed by atoms with Gasteiger partial charge in [-0.25, -0.2) is 8.42 Å². The summed E-state index contributed by atoms with van der Waals surface area (Å²) in [5.74, 6) is -0.291. The molecule has 28 heavy (non-hydrogen) atoms. The van der Waals surface area contributed by atoms with Crippen LogP contribution in [0.25, 0.3) is 0 Å². The van der Waals surface area contributed by atoms with Gasteiger partial charge in [0.25, 0.3) is 5.91 Å². The second-order valence-corrected chi connectivity index (χ2v) is 8.82. The lowest BCUT2D eigenvalue weighted by atomic mass is 10.1. The number of sulfone groups is 1. The number of amides is 1. The molecule has 0 spiro atoms. The minimum Gasteiger partial charge on any atom is -0.455 e. The number of furan rings is 1. The van der Waals surface area contributed by atoms with Gasteiger partial charge in [-0.3, -0.25) is 4.79 Å². The predicted octanol–water partition coefficient (Wildman–Crippen LogP) is 3.84. The normalized spacial score (nSPS) is 11.4. The number of benzene rings is 2. The van der Waals surface area contributed by atoms with Crippen LogP contribution < -0.4 is 5.32 Å². The Hall–Kier alpha value is -2.86. The zero-order valence-electron chi connectivity index (χ0n) is 15.9. The number of carbonyl (C=O) groups is 1. The first kappa shape index (κ1) is 19.9. The van der Waals surface area contributed by atoms with Gasteiger partial charge in [-0.05, 0) is 50.1 Å². The highest BCUT2D eigenvalue weighted by Crippen LogP contribution is 2.19. The van der Waals surface area contributed by atoms with Gasteiger partial charge in [-0.15, -0.1) is 0 Å². The molecule has 1 heterocycles. The zero-order chi connectivity index (χ0) is 20.1. The first-order valence-electron chi connectivity index (χ1n) is 9.05. The van der Waals surface area contributed by atoms with Gasteiger partial charge in [0.15, 0.2) is 15.6 Å². The maximum atomic E-state index is 12.5. The van der Waals surface area contributed by atoms with Crippen molar-refractivity contribution in [1.29, 1.82) is 0 Å². The van der Waals surface area contributed by atoms with Gasteiger partial charge in [0, 0.05) is 6.54 Å². The van der Waals surface area contributed by atoms with Gasteiger partial charge < -0.3 is 9.73 Å². The second-order valence-electron chi connectivity index (χ2n) is 6.83. The molecule has 2 aromatic carbocycles. The maximum Gasteiger partial charge on any atom is 0.287 e. The lowest BCUT2D eigenvalue weighted by molar-refractivity contribution is 0.0925. The van der Waals surface area contributed by atoms with Crippen LogP contribution in [-0.2, 0) is 22.0 Å². The van der Waals surface area contributed by atoms with E-state index in [1.54, 1.807) is 24.3 Å². The fraction of sp³-hybridized carbons (Fsp3) is 0.227. The van der Waals surface area contributed by atoms with Crippen molar-refractivity contribution < 1.29 is 17.6 Å². The smallest absolute Gasteiger partial charge is 0.287 e. The molecule has 0 saturated heterocycles. The van der Waals surface area contributed by atoms with E-state index in [4.69, 9.17) is 4.42 Å². The molecule has 0 radical (unpaired) electrons. The molecule has 3 rings (SSSR count). The summed E-state index contributed by atoms with van der Waals surface area (Å²) < 4.78 is 30.4. The molecule has 6 heteroatoms. The molecule has 0 fully saturated rings. The van der Waals surface area contributed by atoms with Crippen molar-refractivity contribution in [3.8, 4) is 0 Å². The molecule has 0 unspecified atom stereocenters. The van der Waals surface area contributed by atoms with Crippen LogP contribution in [0.1, 0.15) is 33.0 Å². The number of rotatable bonds is 7. The monoisotopic (exact) mass is 397 g/mol. The maximum absolute atomic E-state index is 12.5. The third-order valence-electron chi connectivity index (χ3n) is 4.42. The minimum atomic E-state index is -3.52. The molecule has 0 aliphatic rings. The average Bonchev–Trinajstić information content (AvgIpc) is 3.11. The molecule has 0 atom stereocenters. The Labute approximate surface area is 165 Å². The molecular weight excluding hydrogens is 374 g/mol. The molecule has 0 aliphatic heterocycles. The van der Waals surface area contributed by atoms with E-state index >= 15 is 0 Å². The van der Waals surface area contributed by atoms with Gasteiger partial charge in [-0.2, -0.15) is 0 Å². The molecule has 146 valence electrons. The standard InChI is InChI=1S/C22H23NO4S/c1-16-3-7-18(8-4-16)13-14-23-22(24)21-12-9-19(27-21)15-28(25,26)20-10-5-17(2)6-11-20/h3-12H,13-15H2,1-2H3,(H,23,24). The Balaban J connectivity index is 1.57. The van der Waals surface area contributed by atoms with Crippen molar-refractivity contribution in [1.82, 2.24) is 5.32 Å². The highest BCUT2D eigenvalue weighted by atomic mass is 32.2. The highest BCUT2D eigenvalue weighted by molar-refractivity contribution is 7.90. The Morgan fingerprint density at radius 1 is 0.893 bits per heavy atom. The van der Waals surface area contributed by atoms with Crippen LogP contribution in [0.2, 0.25) is 0 Å². The van der Waals surface area contributed by atoms with Crippen molar-refractivity contribution in [3.05, 3.63) is 88.9 Å². The summed E-state index contributed by atoms with van der Waals surface area (Å²) in [6.45, 7) is 4.39. The van der Waals surface area contributed by atoms with Gasteiger partial charge in [0.05, 0.1) is 4.90 Å². The number of nitrogens with one attached hydrogen (secondary N) is 1. The van der Waals surface area contributed by atoms with Crippen molar-refractivity contribution in [3.63, 3.8) is 0 Å². The molecule has 3 aromatic rings.